The maximum atomic E-state index is 9.68. The number of aliphatic hydroxyl groups excluding tert-OH is 1. The second-order valence-corrected chi connectivity index (χ2v) is 4.46. The van der Waals surface area contributed by atoms with Gasteiger partial charge in [-0.25, -0.2) is 4.98 Å². The summed E-state index contributed by atoms with van der Waals surface area (Å²) in [5.41, 5.74) is 0. The van der Waals surface area contributed by atoms with Gasteiger partial charge in [-0.2, -0.15) is 5.10 Å². The van der Waals surface area contributed by atoms with Crippen LogP contribution in [0.25, 0.3) is 0 Å². The first-order valence-corrected chi connectivity index (χ1v) is 5.77. The topological polar surface area (TPSA) is 50.9 Å². The first-order chi connectivity index (χ1) is 7.22. The van der Waals surface area contributed by atoms with Gasteiger partial charge >= 0.3 is 0 Å². The van der Waals surface area contributed by atoms with Crippen molar-refractivity contribution in [2.45, 2.75) is 45.8 Å². The average molecular weight is 209 g/mol. The summed E-state index contributed by atoms with van der Waals surface area (Å²) >= 11 is 0. The molecular weight excluding hydrogens is 190 g/mol. The molecule has 1 aromatic heterocycles. The number of aromatic nitrogens is 3. The monoisotopic (exact) mass is 209 g/mol. The highest BCUT2D eigenvalue weighted by atomic mass is 16.3. The third-order valence-corrected chi connectivity index (χ3v) is 3.62. The van der Waals surface area contributed by atoms with Crippen molar-refractivity contribution in [1.82, 2.24) is 14.8 Å². The van der Waals surface area contributed by atoms with Crippen LogP contribution in [-0.2, 0) is 13.0 Å². The molecule has 0 amide bonds. The van der Waals surface area contributed by atoms with Crippen LogP contribution in [-0.4, -0.2) is 26.0 Å². The molecule has 1 saturated carbocycles. The molecule has 1 aliphatic carbocycles. The standard InChI is InChI=1S/C11H19N3O/c1-3-14-11(12-7-13-14)6-9-4-5-10(15)8(9)2/h7-10,15H,3-6H2,1-2H3. The minimum atomic E-state index is -0.118. The summed E-state index contributed by atoms with van der Waals surface area (Å²) in [7, 11) is 0. The molecule has 0 spiro atoms. The molecule has 0 aromatic carbocycles. The highest BCUT2D eigenvalue weighted by Crippen LogP contribution is 2.33. The van der Waals surface area contributed by atoms with E-state index < -0.39 is 0 Å². The molecule has 4 nitrogen and oxygen atoms in total. The van der Waals surface area contributed by atoms with E-state index in [1.165, 1.54) is 0 Å². The zero-order valence-electron chi connectivity index (χ0n) is 9.43. The first-order valence-electron chi connectivity index (χ1n) is 5.77. The third-order valence-electron chi connectivity index (χ3n) is 3.62. The number of aryl methyl sites for hydroxylation is 1. The predicted octanol–water partition coefficient (Wildman–Crippen LogP) is 1.25. The summed E-state index contributed by atoms with van der Waals surface area (Å²) in [5, 5.41) is 13.8. The molecule has 1 heterocycles. The molecule has 1 aliphatic rings. The van der Waals surface area contributed by atoms with Crippen LogP contribution in [0.15, 0.2) is 6.33 Å². The zero-order valence-corrected chi connectivity index (χ0v) is 9.43. The predicted molar refractivity (Wildman–Crippen MR) is 57.3 cm³/mol. The van der Waals surface area contributed by atoms with Crippen molar-refractivity contribution in [3.8, 4) is 0 Å². The second kappa shape index (κ2) is 4.31. The van der Waals surface area contributed by atoms with E-state index in [0.29, 0.717) is 11.8 Å². The zero-order chi connectivity index (χ0) is 10.8. The van der Waals surface area contributed by atoms with Crippen molar-refractivity contribution in [2.24, 2.45) is 11.8 Å². The average Bonchev–Trinajstić information content (AvgIpc) is 2.80. The van der Waals surface area contributed by atoms with Crippen LogP contribution < -0.4 is 0 Å². The Morgan fingerprint density at radius 2 is 2.33 bits per heavy atom. The highest BCUT2D eigenvalue weighted by Gasteiger charge is 2.32. The Balaban J connectivity index is 2.03. The lowest BCUT2D eigenvalue weighted by Gasteiger charge is -2.16. The van der Waals surface area contributed by atoms with E-state index in [1.54, 1.807) is 6.33 Å². The van der Waals surface area contributed by atoms with E-state index in [2.05, 4.69) is 23.9 Å². The smallest absolute Gasteiger partial charge is 0.138 e. The van der Waals surface area contributed by atoms with E-state index in [9.17, 15) is 5.11 Å². The molecule has 0 radical (unpaired) electrons. The maximum absolute atomic E-state index is 9.68. The fraction of sp³-hybridized carbons (Fsp3) is 0.818. The summed E-state index contributed by atoms with van der Waals surface area (Å²) < 4.78 is 1.94. The van der Waals surface area contributed by atoms with Gasteiger partial charge in [0, 0.05) is 13.0 Å². The van der Waals surface area contributed by atoms with Gasteiger partial charge in [-0.3, -0.25) is 4.68 Å². The van der Waals surface area contributed by atoms with Crippen LogP contribution in [0.2, 0.25) is 0 Å². The van der Waals surface area contributed by atoms with E-state index in [0.717, 1.165) is 31.6 Å². The summed E-state index contributed by atoms with van der Waals surface area (Å²) in [6.07, 6.45) is 4.50. The van der Waals surface area contributed by atoms with Gasteiger partial charge in [0.2, 0.25) is 0 Å². The fourth-order valence-electron chi connectivity index (χ4n) is 2.46. The van der Waals surface area contributed by atoms with Crippen LogP contribution in [0.1, 0.15) is 32.5 Å². The van der Waals surface area contributed by atoms with Crippen molar-refractivity contribution in [2.75, 3.05) is 0 Å². The molecule has 0 aliphatic heterocycles. The van der Waals surface area contributed by atoms with Crippen LogP contribution in [0.5, 0.6) is 0 Å². The van der Waals surface area contributed by atoms with Gasteiger partial charge in [-0.1, -0.05) is 6.92 Å². The van der Waals surface area contributed by atoms with Gasteiger partial charge in [-0.15, -0.1) is 0 Å². The molecule has 0 saturated heterocycles. The van der Waals surface area contributed by atoms with Gasteiger partial charge in [0.05, 0.1) is 6.10 Å². The molecule has 4 heteroatoms. The fourth-order valence-corrected chi connectivity index (χ4v) is 2.46. The van der Waals surface area contributed by atoms with Gasteiger partial charge in [-0.05, 0) is 31.6 Å². The van der Waals surface area contributed by atoms with Crippen LogP contribution in [0.3, 0.4) is 0 Å². The molecule has 2 rings (SSSR count). The minimum Gasteiger partial charge on any atom is -0.393 e. The van der Waals surface area contributed by atoms with Crippen molar-refractivity contribution < 1.29 is 5.11 Å². The van der Waals surface area contributed by atoms with Gasteiger partial charge < -0.3 is 5.11 Å². The number of hydrogen-bond acceptors (Lipinski definition) is 3. The number of nitrogens with zero attached hydrogens (tertiary/aromatic N) is 3. The van der Waals surface area contributed by atoms with Crippen molar-refractivity contribution >= 4 is 0 Å². The van der Waals surface area contributed by atoms with Crippen LogP contribution >= 0.6 is 0 Å². The Morgan fingerprint density at radius 1 is 1.53 bits per heavy atom. The molecule has 84 valence electrons. The van der Waals surface area contributed by atoms with Gasteiger partial charge in [0.1, 0.15) is 12.2 Å². The summed E-state index contributed by atoms with van der Waals surface area (Å²) in [5.74, 6) is 2.02. The van der Waals surface area contributed by atoms with E-state index in [4.69, 9.17) is 0 Å². The number of aliphatic hydroxyl groups is 1. The Morgan fingerprint density at radius 3 is 2.93 bits per heavy atom. The Labute approximate surface area is 90.3 Å². The third kappa shape index (κ3) is 2.04. The summed E-state index contributed by atoms with van der Waals surface area (Å²) in [4.78, 5) is 4.28. The lowest BCUT2D eigenvalue weighted by molar-refractivity contribution is 0.127. The molecule has 1 aromatic rings. The Hall–Kier alpha value is -0.900. The largest absolute Gasteiger partial charge is 0.393 e. The Kier molecular flexibility index (Phi) is 3.05. The molecule has 3 atom stereocenters. The molecule has 1 N–H and O–H groups in total. The first kappa shape index (κ1) is 10.6. The van der Waals surface area contributed by atoms with E-state index in [1.807, 2.05) is 4.68 Å². The maximum Gasteiger partial charge on any atom is 0.138 e. The molecule has 15 heavy (non-hydrogen) atoms. The normalized spacial score (nSPS) is 31.0. The van der Waals surface area contributed by atoms with Crippen LogP contribution in [0.4, 0.5) is 0 Å². The molecule has 0 bridgehead atoms. The van der Waals surface area contributed by atoms with Gasteiger partial charge in [0.15, 0.2) is 0 Å². The summed E-state index contributed by atoms with van der Waals surface area (Å²) in [6.45, 7) is 5.08. The SMILES string of the molecule is CCn1ncnc1CC1CCC(O)C1C. The van der Waals surface area contributed by atoms with Crippen LogP contribution in [0, 0.1) is 11.8 Å². The summed E-state index contributed by atoms with van der Waals surface area (Å²) in [6, 6.07) is 0. The molecular formula is C11H19N3O. The number of hydrogen-bond donors (Lipinski definition) is 1. The Bertz CT molecular complexity index is 323. The lowest BCUT2D eigenvalue weighted by atomic mass is 9.93. The molecule has 1 fully saturated rings. The number of rotatable bonds is 3. The van der Waals surface area contributed by atoms with Crippen molar-refractivity contribution in [1.29, 1.82) is 0 Å². The molecule has 3 unspecified atom stereocenters. The second-order valence-electron chi connectivity index (χ2n) is 4.46. The van der Waals surface area contributed by atoms with E-state index in [-0.39, 0.29) is 6.10 Å². The van der Waals surface area contributed by atoms with Crippen molar-refractivity contribution in [3.63, 3.8) is 0 Å². The highest BCUT2D eigenvalue weighted by molar-refractivity contribution is 4.92. The lowest BCUT2D eigenvalue weighted by Crippen LogP contribution is -2.18. The van der Waals surface area contributed by atoms with Crippen molar-refractivity contribution in [3.05, 3.63) is 12.2 Å². The van der Waals surface area contributed by atoms with E-state index >= 15 is 0 Å². The minimum absolute atomic E-state index is 0.118. The quantitative estimate of drug-likeness (QED) is 0.815. The van der Waals surface area contributed by atoms with Gasteiger partial charge in [0.25, 0.3) is 0 Å².